The summed E-state index contributed by atoms with van der Waals surface area (Å²) in [6.07, 6.45) is -1.03. The van der Waals surface area contributed by atoms with Crippen LogP contribution >= 0.6 is 7.60 Å². The van der Waals surface area contributed by atoms with Gasteiger partial charge in [0.05, 0.1) is 0 Å². The van der Waals surface area contributed by atoms with Crippen molar-refractivity contribution in [2.75, 3.05) is 0 Å². The molecule has 0 amide bonds. The molecule has 88 valence electrons. The third-order valence-electron chi connectivity index (χ3n) is 1.48. The molecular formula is C8H15O6P. The average Bonchev–Trinajstić information content (AvgIpc) is 2.01. The maximum absolute atomic E-state index is 11.0. The first-order chi connectivity index (χ1) is 6.64. The number of ether oxygens (including phenoxy) is 2. The van der Waals surface area contributed by atoms with Crippen LogP contribution in [0.5, 0.6) is 0 Å². The second-order valence-corrected chi connectivity index (χ2v) is 4.98. The molecule has 2 atom stereocenters. The maximum Gasteiger partial charge on any atom is 0.353 e. The van der Waals surface area contributed by atoms with Gasteiger partial charge in [0.2, 0.25) is 6.29 Å². The highest BCUT2D eigenvalue weighted by molar-refractivity contribution is 7.52. The summed E-state index contributed by atoms with van der Waals surface area (Å²) >= 11 is 0. The van der Waals surface area contributed by atoms with Crippen LogP contribution in [-0.4, -0.2) is 27.9 Å². The van der Waals surface area contributed by atoms with Crippen molar-refractivity contribution in [1.82, 2.24) is 0 Å². The average molecular weight is 238 g/mol. The zero-order valence-corrected chi connectivity index (χ0v) is 9.73. The van der Waals surface area contributed by atoms with Gasteiger partial charge in [-0.2, -0.15) is 0 Å². The number of esters is 1. The van der Waals surface area contributed by atoms with Crippen LogP contribution in [-0.2, 0) is 18.8 Å². The van der Waals surface area contributed by atoms with Gasteiger partial charge in [0.1, 0.15) is 0 Å². The Hall–Kier alpha value is -0.680. The highest BCUT2D eigenvalue weighted by Crippen LogP contribution is 2.41. The molecule has 0 rings (SSSR count). The fraction of sp³-hybridized carbons (Fsp3) is 0.625. The molecule has 0 aliphatic heterocycles. The predicted octanol–water partition coefficient (Wildman–Crippen LogP) is 0.992. The third-order valence-corrected chi connectivity index (χ3v) is 2.55. The first kappa shape index (κ1) is 14.3. The lowest BCUT2D eigenvalue weighted by Gasteiger charge is -2.19. The fourth-order valence-corrected chi connectivity index (χ4v) is 0.966. The van der Waals surface area contributed by atoms with E-state index in [2.05, 4.69) is 11.3 Å². The number of hydrogen-bond acceptors (Lipinski definition) is 4. The molecule has 0 spiro atoms. The summed E-state index contributed by atoms with van der Waals surface area (Å²) in [4.78, 5) is 28.4. The minimum atomic E-state index is -4.31. The van der Waals surface area contributed by atoms with Crippen molar-refractivity contribution in [3.63, 3.8) is 0 Å². The van der Waals surface area contributed by atoms with E-state index >= 15 is 0 Å². The zero-order chi connectivity index (χ0) is 12.2. The van der Waals surface area contributed by atoms with E-state index in [1.54, 1.807) is 0 Å². The first-order valence-electron chi connectivity index (χ1n) is 4.21. The van der Waals surface area contributed by atoms with Crippen LogP contribution in [0.15, 0.2) is 12.2 Å². The Morgan fingerprint density at radius 3 is 2.20 bits per heavy atom. The van der Waals surface area contributed by atoms with Gasteiger partial charge in [-0.3, -0.25) is 4.57 Å². The smallest absolute Gasteiger partial charge is 0.353 e. The second-order valence-electron chi connectivity index (χ2n) is 3.08. The van der Waals surface area contributed by atoms with Gasteiger partial charge in [-0.1, -0.05) is 6.58 Å². The topological polar surface area (TPSA) is 93.1 Å². The molecule has 15 heavy (non-hydrogen) atoms. The van der Waals surface area contributed by atoms with Crippen molar-refractivity contribution in [3.8, 4) is 0 Å². The van der Waals surface area contributed by atoms with E-state index in [0.717, 1.165) is 0 Å². The number of carbonyl (C=O) groups is 1. The van der Waals surface area contributed by atoms with Crippen LogP contribution < -0.4 is 0 Å². The molecule has 0 aromatic carbocycles. The summed E-state index contributed by atoms with van der Waals surface area (Å²) in [6, 6.07) is 0. The van der Waals surface area contributed by atoms with Gasteiger partial charge in [-0.15, -0.1) is 0 Å². The maximum atomic E-state index is 11.0. The second kappa shape index (κ2) is 5.42. The van der Waals surface area contributed by atoms with Crippen molar-refractivity contribution in [3.05, 3.63) is 12.2 Å². The number of carbonyl (C=O) groups excluding carboxylic acids is 1. The van der Waals surface area contributed by atoms with Crippen molar-refractivity contribution < 1.29 is 28.6 Å². The summed E-state index contributed by atoms with van der Waals surface area (Å²) < 4.78 is 20.2. The lowest BCUT2D eigenvalue weighted by molar-refractivity contribution is -0.173. The van der Waals surface area contributed by atoms with Gasteiger partial charge in [0.15, 0.2) is 5.85 Å². The Kier molecular flexibility index (Phi) is 5.17. The van der Waals surface area contributed by atoms with Crippen molar-refractivity contribution in [1.29, 1.82) is 0 Å². The van der Waals surface area contributed by atoms with Crippen molar-refractivity contribution in [2.45, 2.75) is 32.9 Å². The van der Waals surface area contributed by atoms with E-state index in [4.69, 9.17) is 14.5 Å². The highest BCUT2D eigenvalue weighted by Gasteiger charge is 2.27. The van der Waals surface area contributed by atoms with Gasteiger partial charge in [-0.25, -0.2) is 4.79 Å². The Bertz CT molecular complexity index is 294. The molecule has 0 radical (unpaired) electrons. The van der Waals surface area contributed by atoms with Gasteiger partial charge in [0.25, 0.3) is 0 Å². The normalized spacial score (nSPS) is 15.5. The van der Waals surface area contributed by atoms with E-state index in [1.165, 1.54) is 20.8 Å². The minimum Gasteiger partial charge on any atom is -0.433 e. The summed E-state index contributed by atoms with van der Waals surface area (Å²) in [7, 11) is -4.31. The molecule has 2 unspecified atom stereocenters. The molecule has 0 saturated heterocycles. The molecule has 0 aliphatic rings. The number of hydrogen-bond donors (Lipinski definition) is 2. The quantitative estimate of drug-likeness (QED) is 0.321. The van der Waals surface area contributed by atoms with E-state index in [0.29, 0.717) is 0 Å². The largest absolute Gasteiger partial charge is 0.433 e. The van der Waals surface area contributed by atoms with Gasteiger partial charge in [0, 0.05) is 5.57 Å². The standard InChI is InChI=1S/C8H15O6P/c1-5(2)8(9)14-6(3)13-7(4)15(10,11)12/h6-7H,1H2,2-4H3,(H2,10,11,12). The first-order valence-corrected chi connectivity index (χ1v) is 5.90. The summed E-state index contributed by atoms with van der Waals surface area (Å²) in [5, 5.41) is 0. The van der Waals surface area contributed by atoms with Crippen LogP contribution in [0.3, 0.4) is 0 Å². The lowest BCUT2D eigenvalue weighted by Crippen LogP contribution is -2.23. The van der Waals surface area contributed by atoms with Crippen LogP contribution in [0.2, 0.25) is 0 Å². The Morgan fingerprint density at radius 1 is 1.40 bits per heavy atom. The summed E-state index contributed by atoms with van der Waals surface area (Å²) in [5.74, 6) is -1.98. The number of rotatable bonds is 5. The van der Waals surface area contributed by atoms with Gasteiger partial charge >= 0.3 is 13.6 Å². The van der Waals surface area contributed by atoms with E-state index in [1.807, 2.05) is 0 Å². The van der Waals surface area contributed by atoms with Crippen LogP contribution in [0.25, 0.3) is 0 Å². The zero-order valence-electron chi connectivity index (χ0n) is 8.84. The molecule has 0 heterocycles. The highest BCUT2D eigenvalue weighted by atomic mass is 31.2. The molecule has 0 bridgehead atoms. The molecule has 0 aromatic heterocycles. The van der Waals surface area contributed by atoms with Crippen molar-refractivity contribution >= 4 is 13.6 Å². The monoisotopic (exact) mass is 238 g/mol. The van der Waals surface area contributed by atoms with E-state index in [-0.39, 0.29) is 5.57 Å². The molecular weight excluding hydrogens is 223 g/mol. The van der Waals surface area contributed by atoms with Crippen molar-refractivity contribution in [2.24, 2.45) is 0 Å². The molecule has 2 N–H and O–H groups in total. The van der Waals surface area contributed by atoms with Gasteiger partial charge in [-0.05, 0) is 20.8 Å². The van der Waals surface area contributed by atoms with Crippen LogP contribution in [0.1, 0.15) is 20.8 Å². The fourth-order valence-electron chi connectivity index (χ4n) is 0.636. The SMILES string of the molecule is C=C(C)C(=O)OC(C)OC(C)P(=O)(O)O. The van der Waals surface area contributed by atoms with E-state index in [9.17, 15) is 9.36 Å². The minimum absolute atomic E-state index is 0.189. The predicted molar refractivity (Wildman–Crippen MR) is 53.0 cm³/mol. The lowest BCUT2D eigenvalue weighted by atomic mass is 10.4. The van der Waals surface area contributed by atoms with Crippen LogP contribution in [0, 0.1) is 0 Å². The van der Waals surface area contributed by atoms with Gasteiger partial charge < -0.3 is 19.3 Å². The Labute approximate surface area is 88.0 Å². The molecule has 0 aromatic rings. The van der Waals surface area contributed by atoms with E-state index < -0.39 is 25.7 Å². The molecule has 6 nitrogen and oxygen atoms in total. The Balaban J connectivity index is 4.16. The molecule has 7 heteroatoms. The summed E-state index contributed by atoms with van der Waals surface area (Å²) in [5.41, 5.74) is 0.189. The summed E-state index contributed by atoms with van der Waals surface area (Å²) in [6.45, 7) is 7.38. The third kappa shape index (κ3) is 5.69. The molecule has 0 fully saturated rings. The van der Waals surface area contributed by atoms with Crippen LogP contribution in [0.4, 0.5) is 0 Å². The Morgan fingerprint density at radius 2 is 1.87 bits per heavy atom. The molecule has 0 aliphatic carbocycles. The molecule has 0 saturated carbocycles.